The smallest absolute Gasteiger partial charge is 0.140 e. The number of nitrogens with two attached hydrogens (primary N) is 1. The van der Waals surface area contributed by atoms with Crippen molar-refractivity contribution >= 4 is 11.3 Å². The van der Waals surface area contributed by atoms with E-state index >= 15 is 0 Å². The van der Waals surface area contributed by atoms with Crippen LogP contribution in [-0.4, -0.2) is 11.5 Å². The third-order valence-electron chi connectivity index (χ3n) is 2.48. The number of halogens is 1. The second-order valence-corrected chi connectivity index (χ2v) is 5.07. The first kappa shape index (κ1) is 13.0. The Balaban J connectivity index is 1.97. The van der Waals surface area contributed by atoms with Crippen molar-refractivity contribution in [2.75, 3.05) is 6.54 Å². The molecule has 0 unspecified atom stereocenters. The lowest BCUT2D eigenvalue weighted by atomic mass is 10.3. The van der Waals surface area contributed by atoms with Crippen LogP contribution in [0.4, 0.5) is 4.39 Å². The molecule has 0 atom stereocenters. The molecule has 18 heavy (non-hydrogen) atoms. The van der Waals surface area contributed by atoms with Crippen molar-refractivity contribution in [2.24, 2.45) is 5.73 Å². The fraction of sp³-hybridized carbons (Fsp3) is 0.308. The van der Waals surface area contributed by atoms with E-state index in [1.807, 2.05) is 6.92 Å². The van der Waals surface area contributed by atoms with Gasteiger partial charge in [-0.05, 0) is 44.2 Å². The average molecular weight is 266 g/mol. The van der Waals surface area contributed by atoms with Gasteiger partial charge in [-0.2, -0.15) is 0 Å². The normalized spacial score (nSPS) is 10.6. The summed E-state index contributed by atoms with van der Waals surface area (Å²) in [4.78, 5) is 5.63. The number of rotatable bonds is 5. The highest BCUT2D eigenvalue weighted by Gasteiger charge is 2.07. The van der Waals surface area contributed by atoms with E-state index in [9.17, 15) is 4.39 Å². The first-order valence-corrected chi connectivity index (χ1v) is 6.54. The molecule has 0 fully saturated rings. The molecular weight excluding hydrogens is 251 g/mol. The topological polar surface area (TPSA) is 48.1 Å². The number of aryl methyl sites for hydroxylation is 1. The van der Waals surface area contributed by atoms with E-state index in [0.717, 1.165) is 17.1 Å². The molecule has 0 saturated carbocycles. The van der Waals surface area contributed by atoms with Gasteiger partial charge in [-0.15, -0.1) is 11.3 Å². The maximum atomic E-state index is 12.7. The monoisotopic (exact) mass is 266 g/mol. The molecule has 1 aromatic heterocycles. The summed E-state index contributed by atoms with van der Waals surface area (Å²) < 4.78 is 18.3. The summed E-state index contributed by atoms with van der Waals surface area (Å²) in [5.74, 6) is 0.377. The van der Waals surface area contributed by atoms with Crippen molar-refractivity contribution in [1.82, 2.24) is 4.98 Å². The summed E-state index contributed by atoms with van der Waals surface area (Å²) in [6.07, 6.45) is 0.847. The van der Waals surface area contributed by atoms with Crippen molar-refractivity contribution in [1.29, 1.82) is 0 Å². The summed E-state index contributed by atoms with van der Waals surface area (Å²) >= 11 is 1.62. The van der Waals surface area contributed by atoms with Gasteiger partial charge in [0.25, 0.3) is 0 Å². The third kappa shape index (κ3) is 3.27. The molecule has 0 radical (unpaired) electrons. The number of thiazole rings is 1. The fourth-order valence-corrected chi connectivity index (χ4v) is 2.59. The lowest BCUT2D eigenvalue weighted by Gasteiger charge is -2.02. The van der Waals surface area contributed by atoms with Crippen molar-refractivity contribution in [3.63, 3.8) is 0 Å². The predicted molar refractivity (Wildman–Crippen MR) is 70.3 cm³/mol. The molecular formula is C13H15FN2OS. The van der Waals surface area contributed by atoms with Gasteiger partial charge in [0.1, 0.15) is 23.2 Å². The van der Waals surface area contributed by atoms with Crippen LogP contribution in [0.3, 0.4) is 0 Å². The Morgan fingerprint density at radius 2 is 2.06 bits per heavy atom. The molecule has 5 heteroatoms. The van der Waals surface area contributed by atoms with Crippen molar-refractivity contribution in [3.05, 3.63) is 45.7 Å². The summed E-state index contributed by atoms with van der Waals surface area (Å²) in [7, 11) is 0. The van der Waals surface area contributed by atoms with Crippen LogP contribution >= 0.6 is 11.3 Å². The van der Waals surface area contributed by atoms with Crippen molar-refractivity contribution in [3.8, 4) is 5.75 Å². The number of nitrogens with zero attached hydrogens (tertiary/aromatic N) is 1. The van der Waals surface area contributed by atoms with Gasteiger partial charge in [-0.25, -0.2) is 9.37 Å². The van der Waals surface area contributed by atoms with Crippen LogP contribution in [0, 0.1) is 12.7 Å². The molecule has 0 bridgehead atoms. The second kappa shape index (κ2) is 5.93. The van der Waals surface area contributed by atoms with Crippen LogP contribution in [0.2, 0.25) is 0 Å². The van der Waals surface area contributed by atoms with E-state index in [1.165, 1.54) is 17.0 Å². The molecule has 3 nitrogen and oxygen atoms in total. The molecule has 2 aromatic rings. The van der Waals surface area contributed by atoms with E-state index < -0.39 is 0 Å². The van der Waals surface area contributed by atoms with Crippen LogP contribution in [-0.2, 0) is 13.0 Å². The van der Waals surface area contributed by atoms with Gasteiger partial charge in [0.2, 0.25) is 0 Å². The summed E-state index contributed by atoms with van der Waals surface area (Å²) in [5.41, 5.74) is 6.55. The van der Waals surface area contributed by atoms with Crippen molar-refractivity contribution in [2.45, 2.75) is 20.0 Å². The summed E-state index contributed by atoms with van der Waals surface area (Å²) in [5, 5.41) is 0.917. The molecule has 0 spiro atoms. The lowest BCUT2D eigenvalue weighted by molar-refractivity contribution is 0.305. The van der Waals surface area contributed by atoms with Crippen LogP contribution in [0.15, 0.2) is 24.3 Å². The van der Waals surface area contributed by atoms with Gasteiger partial charge in [0.15, 0.2) is 0 Å². The largest absolute Gasteiger partial charge is 0.486 e. The quantitative estimate of drug-likeness (QED) is 0.905. The van der Waals surface area contributed by atoms with Crippen molar-refractivity contribution < 1.29 is 9.13 Å². The van der Waals surface area contributed by atoms with E-state index in [0.29, 0.717) is 18.9 Å². The van der Waals surface area contributed by atoms with E-state index in [1.54, 1.807) is 23.5 Å². The maximum absolute atomic E-state index is 12.7. The molecule has 1 aromatic carbocycles. The van der Waals surface area contributed by atoms with Gasteiger partial charge in [0, 0.05) is 4.88 Å². The zero-order valence-corrected chi connectivity index (χ0v) is 11.0. The Kier molecular flexibility index (Phi) is 4.28. The number of hydrogen-bond acceptors (Lipinski definition) is 4. The zero-order chi connectivity index (χ0) is 13.0. The van der Waals surface area contributed by atoms with Gasteiger partial charge >= 0.3 is 0 Å². The number of benzene rings is 1. The second-order valence-electron chi connectivity index (χ2n) is 3.90. The van der Waals surface area contributed by atoms with E-state index in [4.69, 9.17) is 10.5 Å². The SMILES string of the molecule is Cc1nc(COc2ccc(F)cc2)sc1CCN. The molecule has 0 aliphatic rings. The molecule has 0 aliphatic heterocycles. The number of ether oxygens (including phenoxy) is 1. The van der Waals surface area contributed by atoms with Crippen LogP contribution in [0.25, 0.3) is 0 Å². The molecule has 0 saturated heterocycles. The van der Waals surface area contributed by atoms with Gasteiger partial charge in [0.05, 0.1) is 5.69 Å². The minimum absolute atomic E-state index is 0.266. The third-order valence-corrected chi connectivity index (χ3v) is 3.68. The van der Waals surface area contributed by atoms with Gasteiger partial charge < -0.3 is 10.5 Å². The average Bonchev–Trinajstić information content (AvgIpc) is 2.70. The molecule has 96 valence electrons. The first-order chi connectivity index (χ1) is 8.69. The molecule has 0 amide bonds. The number of aromatic nitrogens is 1. The Hall–Kier alpha value is -1.46. The Labute approximate surface area is 109 Å². The highest BCUT2D eigenvalue weighted by atomic mass is 32.1. The highest BCUT2D eigenvalue weighted by Crippen LogP contribution is 2.20. The molecule has 2 rings (SSSR count). The van der Waals surface area contributed by atoms with Crippen LogP contribution in [0.5, 0.6) is 5.75 Å². The van der Waals surface area contributed by atoms with Gasteiger partial charge in [-0.3, -0.25) is 0 Å². The maximum Gasteiger partial charge on any atom is 0.140 e. The minimum Gasteiger partial charge on any atom is -0.486 e. The summed E-state index contributed by atoms with van der Waals surface area (Å²) in [6.45, 7) is 3.01. The molecule has 1 heterocycles. The highest BCUT2D eigenvalue weighted by molar-refractivity contribution is 7.11. The van der Waals surface area contributed by atoms with Gasteiger partial charge in [-0.1, -0.05) is 0 Å². The predicted octanol–water partition coefficient (Wildman–Crippen LogP) is 2.67. The van der Waals surface area contributed by atoms with Crippen LogP contribution < -0.4 is 10.5 Å². The van der Waals surface area contributed by atoms with E-state index in [-0.39, 0.29) is 5.82 Å². The number of hydrogen-bond donors (Lipinski definition) is 1. The fourth-order valence-electron chi connectivity index (χ4n) is 1.59. The zero-order valence-electron chi connectivity index (χ0n) is 10.1. The first-order valence-electron chi connectivity index (χ1n) is 5.72. The Morgan fingerprint density at radius 1 is 1.33 bits per heavy atom. The molecule has 0 aliphatic carbocycles. The minimum atomic E-state index is -0.266. The summed E-state index contributed by atoms with van der Waals surface area (Å²) in [6, 6.07) is 5.97. The Bertz CT molecular complexity index is 510. The van der Waals surface area contributed by atoms with Crippen LogP contribution in [0.1, 0.15) is 15.6 Å². The lowest BCUT2D eigenvalue weighted by Crippen LogP contribution is -2.01. The molecule has 2 N–H and O–H groups in total. The van der Waals surface area contributed by atoms with E-state index in [2.05, 4.69) is 4.98 Å². The standard InChI is InChI=1S/C13H15FN2OS/c1-9-12(6-7-15)18-13(16-9)8-17-11-4-2-10(14)3-5-11/h2-5H,6-8,15H2,1H3. The Morgan fingerprint density at radius 3 is 2.72 bits per heavy atom.